The molecule has 0 aromatic carbocycles. The molecule has 0 unspecified atom stereocenters. The third-order valence-corrected chi connectivity index (χ3v) is 4.85. The Hall–Kier alpha value is -2.48. The highest BCUT2D eigenvalue weighted by Crippen LogP contribution is 2.21. The van der Waals surface area contributed by atoms with Gasteiger partial charge in [-0.05, 0) is 19.8 Å². The van der Waals surface area contributed by atoms with Crippen LogP contribution in [0.2, 0.25) is 0 Å². The van der Waals surface area contributed by atoms with Gasteiger partial charge in [-0.1, -0.05) is 0 Å². The minimum Gasteiger partial charge on any atom is -0.378 e. The maximum absolute atomic E-state index is 5.42. The zero-order valence-corrected chi connectivity index (χ0v) is 15.1. The standard InChI is InChI=1S/C18H25N7O/c1-14-10-20-18(11-19-14)25-4-2-3-15(12-25)23-16-9-17(22-13-21-16)24-5-7-26-8-6-24/h9-11,13,15H,2-8,12H2,1H3,(H,21,22,23)/t15-/m1/s1. The van der Waals surface area contributed by atoms with Crippen LogP contribution in [-0.2, 0) is 4.74 Å². The summed E-state index contributed by atoms with van der Waals surface area (Å²) in [6.07, 6.45) is 7.56. The maximum atomic E-state index is 5.42. The first-order valence-electron chi connectivity index (χ1n) is 9.23. The first-order chi connectivity index (χ1) is 12.8. The van der Waals surface area contributed by atoms with E-state index >= 15 is 0 Å². The number of nitrogens with one attached hydrogen (secondary N) is 1. The van der Waals surface area contributed by atoms with Gasteiger partial charge in [-0.2, -0.15) is 0 Å². The molecule has 8 nitrogen and oxygen atoms in total. The number of ether oxygens (including phenoxy) is 1. The lowest BCUT2D eigenvalue weighted by Crippen LogP contribution is -2.42. The van der Waals surface area contributed by atoms with Crippen molar-refractivity contribution in [3.8, 4) is 0 Å². The smallest absolute Gasteiger partial charge is 0.147 e. The van der Waals surface area contributed by atoms with E-state index in [1.807, 2.05) is 25.4 Å². The lowest BCUT2D eigenvalue weighted by molar-refractivity contribution is 0.122. The van der Waals surface area contributed by atoms with Crippen LogP contribution in [0, 0.1) is 6.92 Å². The van der Waals surface area contributed by atoms with Crippen molar-refractivity contribution in [3.05, 3.63) is 30.5 Å². The summed E-state index contributed by atoms with van der Waals surface area (Å²) in [5.41, 5.74) is 0.942. The predicted molar refractivity (Wildman–Crippen MR) is 101 cm³/mol. The van der Waals surface area contributed by atoms with Gasteiger partial charge in [0.2, 0.25) is 0 Å². The highest BCUT2D eigenvalue weighted by atomic mass is 16.5. The molecule has 0 aliphatic carbocycles. The van der Waals surface area contributed by atoms with E-state index in [1.165, 1.54) is 0 Å². The SMILES string of the molecule is Cc1cnc(N2CCC[C@@H](Nc3cc(N4CCOCC4)ncn3)C2)cn1. The van der Waals surface area contributed by atoms with Crippen LogP contribution in [0.15, 0.2) is 24.8 Å². The molecule has 138 valence electrons. The van der Waals surface area contributed by atoms with Gasteiger partial charge in [0.05, 0.1) is 31.3 Å². The number of anilines is 3. The van der Waals surface area contributed by atoms with Crippen LogP contribution in [-0.4, -0.2) is 65.4 Å². The first-order valence-corrected chi connectivity index (χ1v) is 9.23. The average Bonchev–Trinajstić information content (AvgIpc) is 2.70. The van der Waals surface area contributed by atoms with Crippen molar-refractivity contribution in [2.45, 2.75) is 25.8 Å². The number of aryl methyl sites for hydroxylation is 1. The largest absolute Gasteiger partial charge is 0.378 e. The number of hydrogen-bond acceptors (Lipinski definition) is 8. The molecule has 2 aliphatic heterocycles. The maximum Gasteiger partial charge on any atom is 0.147 e. The fourth-order valence-electron chi connectivity index (χ4n) is 3.45. The van der Waals surface area contributed by atoms with Gasteiger partial charge >= 0.3 is 0 Å². The third kappa shape index (κ3) is 4.01. The average molecular weight is 355 g/mol. The molecule has 2 aliphatic rings. The molecule has 0 saturated carbocycles. The molecule has 2 saturated heterocycles. The van der Waals surface area contributed by atoms with Crippen LogP contribution in [0.4, 0.5) is 17.5 Å². The van der Waals surface area contributed by atoms with Gasteiger partial charge in [0.1, 0.15) is 23.8 Å². The molecule has 2 aromatic heterocycles. The summed E-state index contributed by atoms with van der Waals surface area (Å²) < 4.78 is 5.42. The first kappa shape index (κ1) is 17.0. The number of nitrogens with zero attached hydrogens (tertiary/aromatic N) is 6. The number of piperidine rings is 1. The highest BCUT2D eigenvalue weighted by molar-refractivity contribution is 5.49. The van der Waals surface area contributed by atoms with E-state index in [0.717, 1.165) is 75.4 Å². The van der Waals surface area contributed by atoms with Crippen LogP contribution >= 0.6 is 0 Å². The third-order valence-electron chi connectivity index (χ3n) is 4.85. The van der Waals surface area contributed by atoms with Crippen LogP contribution < -0.4 is 15.1 Å². The van der Waals surface area contributed by atoms with Crippen molar-refractivity contribution in [1.29, 1.82) is 0 Å². The summed E-state index contributed by atoms with van der Waals surface area (Å²) in [6.45, 7) is 7.12. The summed E-state index contributed by atoms with van der Waals surface area (Å²) >= 11 is 0. The minimum atomic E-state index is 0.333. The fraction of sp³-hybridized carbons (Fsp3) is 0.556. The molecule has 2 aromatic rings. The topological polar surface area (TPSA) is 79.3 Å². The molecular weight excluding hydrogens is 330 g/mol. The monoisotopic (exact) mass is 355 g/mol. The second kappa shape index (κ2) is 7.82. The van der Waals surface area contributed by atoms with E-state index in [4.69, 9.17) is 4.74 Å². The molecule has 0 amide bonds. The normalized spacial score (nSPS) is 20.9. The fourth-order valence-corrected chi connectivity index (χ4v) is 3.45. The zero-order chi connectivity index (χ0) is 17.8. The van der Waals surface area contributed by atoms with Gasteiger partial charge in [0, 0.05) is 38.3 Å². The lowest BCUT2D eigenvalue weighted by Gasteiger charge is -2.34. The van der Waals surface area contributed by atoms with Crippen molar-refractivity contribution in [3.63, 3.8) is 0 Å². The molecule has 0 spiro atoms. The highest BCUT2D eigenvalue weighted by Gasteiger charge is 2.22. The van der Waals surface area contributed by atoms with Gasteiger partial charge in [-0.25, -0.2) is 15.0 Å². The Morgan fingerprint density at radius 1 is 1.00 bits per heavy atom. The Morgan fingerprint density at radius 3 is 2.69 bits per heavy atom. The lowest BCUT2D eigenvalue weighted by atomic mass is 10.1. The second-order valence-corrected chi connectivity index (χ2v) is 6.81. The number of hydrogen-bond donors (Lipinski definition) is 1. The summed E-state index contributed by atoms with van der Waals surface area (Å²) in [6, 6.07) is 2.37. The van der Waals surface area contributed by atoms with Crippen molar-refractivity contribution in [1.82, 2.24) is 19.9 Å². The molecule has 1 N–H and O–H groups in total. The van der Waals surface area contributed by atoms with Crippen molar-refractivity contribution >= 4 is 17.5 Å². The van der Waals surface area contributed by atoms with E-state index in [9.17, 15) is 0 Å². The summed E-state index contributed by atoms with van der Waals surface area (Å²) in [4.78, 5) is 22.2. The molecule has 1 atom stereocenters. The van der Waals surface area contributed by atoms with Crippen LogP contribution in [0.5, 0.6) is 0 Å². The summed E-state index contributed by atoms with van der Waals surface area (Å²) in [5.74, 6) is 2.78. The van der Waals surface area contributed by atoms with Gasteiger partial charge in [-0.15, -0.1) is 0 Å². The van der Waals surface area contributed by atoms with Crippen LogP contribution in [0.25, 0.3) is 0 Å². The van der Waals surface area contributed by atoms with Gasteiger partial charge < -0.3 is 19.9 Å². The van der Waals surface area contributed by atoms with Crippen LogP contribution in [0.1, 0.15) is 18.5 Å². The Balaban J connectivity index is 1.41. The number of rotatable bonds is 4. The Labute approximate surface area is 153 Å². The van der Waals surface area contributed by atoms with Crippen molar-refractivity contribution in [2.24, 2.45) is 0 Å². The molecular formula is C18H25N7O. The molecule has 4 heterocycles. The summed E-state index contributed by atoms with van der Waals surface area (Å²) in [7, 11) is 0. The van der Waals surface area contributed by atoms with E-state index in [2.05, 4.69) is 35.1 Å². The number of aromatic nitrogens is 4. The van der Waals surface area contributed by atoms with Gasteiger partial charge in [0.15, 0.2) is 0 Å². The predicted octanol–water partition coefficient (Wildman–Crippen LogP) is 1.49. The van der Waals surface area contributed by atoms with Crippen LogP contribution in [0.3, 0.4) is 0 Å². The molecule has 2 fully saturated rings. The van der Waals surface area contributed by atoms with E-state index in [1.54, 1.807) is 6.33 Å². The Kier molecular flexibility index (Phi) is 5.10. The molecule has 0 bridgehead atoms. The number of morpholine rings is 1. The molecule has 4 rings (SSSR count). The van der Waals surface area contributed by atoms with E-state index in [-0.39, 0.29) is 0 Å². The quantitative estimate of drug-likeness (QED) is 0.884. The van der Waals surface area contributed by atoms with Crippen molar-refractivity contribution < 1.29 is 4.74 Å². The van der Waals surface area contributed by atoms with E-state index in [0.29, 0.717) is 6.04 Å². The zero-order valence-electron chi connectivity index (χ0n) is 15.1. The summed E-state index contributed by atoms with van der Waals surface area (Å²) in [5, 5.41) is 3.57. The van der Waals surface area contributed by atoms with Gasteiger partial charge in [-0.3, -0.25) is 4.98 Å². The Bertz CT molecular complexity index is 718. The minimum absolute atomic E-state index is 0.333. The Morgan fingerprint density at radius 2 is 1.88 bits per heavy atom. The van der Waals surface area contributed by atoms with Crippen molar-refractivity contribution in [2.75, 3.05) is 54.5 Å². The molecule has 26 heavy (non-hydrogen) atoms. The van der Waals surface area contributed by atoms with E-state index < -0.39 is 0 Å². The van der Waals surface area contributed by atoms with Gasteiger partial charge in [0.25, 0.3) is 0 Å². The molecule has 0 radical (unpaired) electrons. The molecule has 8 heteroatoms. The second-order valence-electron chi connectivity index (χ2n) is 6.81.